The van der Waals surface area contributed by atoms with Crippen molar-refractivity contribution in [2.75, 3.05) is 11.9 Å². The Balaban J connectivity index is 1.69. The highest BCUT2D eigenvalue weighted by Crippen LogP contribution is 2.26. The molecule has 3 rings (SSSR count). The van der Waals surface area contributed by atoms with Crippen molar-refractivity contribution in [1.82, 2.24) is 15.5 Å². The van der Waals surface area contributed by atoms with Crippen LogP contribution >= 0.6 is 22.9 Å². The number of carbonyl (C=O) groups excluding carboxylic acids is 1. The number of benzene rings is 1. The summed E-state index contributed by atoms with van der Waals surface area (Å²) in [5.74, 6) is -0.242. The van der Waals surface area contributed by atoms with Crippen molar-refractivity contribution in [3.05, 3.63) is 39.3 Å². The molecule has 20 heavy (non-hydrogen) atoms. The third kappa shape index (κ3) is 2.98. The van der Waals surface area contributed by atoms with Crippen LogP contribution < -0.4 is 10.6 Å². The third-order valence-electron chi connectivity index (χ3n) is 3.10. The van der Waals surface area contributed by atoms with Crippen molar-refractivity contribution >= 4 is 34.5 Å². The molecule has 1 saturated heterocycles. The molecule has 2 heterocycles. The molecule has 1 amide bonds. The summed E-state index contributed by atoms with van der Waals surface area (Å²) in [6.45, 7) is 0.997. The Bertz CT molecular complexity index is 607. The highest BCUT2D eigenvalue weighted by atomic mass is 35.5. The first-order valence-electron chi connectivity index (χ1n) is 6.36. The fourth-order valence-corrected chi connectivity index (χ4v) is 3.05. The van der Waals surface area contributed by atoms with Crippen LogP contribution in [0.1, 0.15) is 33.7 Å². The monoisotopic (exact) mass is 308 g/mol. The second-order valence-corrected chi connectivity index (χ2v) is 6.00. The number of hydrogen-bond donors (Lipinski definition) is 2. The molecule has 0 saturated carbocycles. The summed E-state index contributed by atoms with van der Waals surface area (Å²) in [7, 11) is 0. The van der Waals surface area contributed by atoms with E-state index in [1.807, 2.05) is 0 Å². The van der Waals surface area contributed by atoms with Gasteiger partial charge in [-0.25, -0.2) is 0 Å². The minimum absolute atomic E-state index is 0.240. The van der Waals surface area contributed by atoms with Crippen LogP contribution in [0.25, 0.3) is 0 Å². The first kappa shape index (κ1) is 13.5. The normalized spacial score (nSPS) is 18.1. The zero-order valence-electron chi connectivity index (χ0n) is 10.6. The molecule has 7 heteroatoms. The second-order valence-electron chi connectivity index (χ2n) is 4.56. The quantitative estimate of drug-likeness (QED) is 0.915. The number of nitrogens with one attached hydrogen (secondary N) is 2. The number of nitrogens with zero attached hydrogens (tertiary/aromatic N) is 2. The number of rotatable bonds is 3. The van der Waals surface area contributed by atoms with Crippen molar-refractivity contribution in [2.45, 2.75) is 18.9 Å². The van der Waals surface area contributed by atoms with E-state index in [1.165, 1.54) is 11.3 Å². The van der Waals surface area contributed by atoms with E-state index in [1.54, 1.807) is 24.3 Å². The Morgan fingerprint density at radius 3 is 2.85 bits per heavy atom. The molecular weight excluding hydrogens is 296 g/mol. The van der Waals surface area contributed by atoms with Crippen LogP contribution in [-0.2, 0) is 0 Å². The first-order valence-corrected chi connectivity index (χ1v) is 7.55. The lowest BCUT2D eigenvalue weighted by Crippen LogP contribution is -2.12. The Labute approximate surface area is 125 Å². The summed E-state index contributed by atoms with van der Waals surface area (Å²) in [4.78, 5) is 12.1. The van der Waals surface area contributed by atoms with Gasteiger partial charge in [0, 0.05) is 10.7 Å². The van der Waals surface area contributed by atoms with Crippen molar-refractivity contribution in [3.63, 3.8) is 0 Å². The first-order chi connectivity index (χ1) is 9.72. The van der Waals surface area contributed by atoms with E-state index in [0.29, 0.717) is 15.7 Å². The van der Waals surface area contributed by atoms with Crippen molar-refractivity contribution < 1.29 is 4.79 Å². The number of anilines is 1. The fraction of sp³-hybridized carbons (Fsp3) is 0.308. The van der Waals surface area contributed by atoms with E-state index >= 15 is 0 Å². The largest absolute Gasteiger partial charge is 0.320 e. The molecule has 1 aromatic carbocycles. The van der Waals surface area contributed by atoms with Gasteiger partial charge in [-0.1, -0.05) is 22.9 Å². The Morgan fingerprint density at radius 2 is 2.15 bits per heavy atom. The molecule has 104 valence electrons. The molecule has 1 aliphatic rings. The summed E-state index contributed by atoms with van der Waals surface area (Å²) in [6, 6.07) is 7.20. The summed E-state index contributed by atoms with van der Waals surface area (Å²) >= 11 is 7.14. The van der Waals surface area contributed by atoms with E-state index in [4.69, 9.17) is 11.6 Å². The highest BCUT2D eigenvalue weighted by Gasteiger charge is 2.22. The van der Waals surface area contributed by atoms with E-state index in [9.17, 15) is 4.79 Å². The number of amides is 1. The molecule has 1 unspecified atom stereocenters. The number of aromatic nitrogens is 2. The maximum atomic E-state index is 12.1. The molecule has 2 N–H and O–H groups in total. The van der Waals surface area contributed by atoms with Crippen LogP contribution in [0.15, 0.2) is 24.3 Å². The zero-order chi connectivity index (χ0) is 13.9. The number of hydrogen-bond acceptors (Lipinski definition) is 5. The van der Waals surface area contributed by atoms with Gasteiger partial charge in [-0.2, -0.15) is 0 Å². The lowest BCUT2D eigenvalue weighted by molar-refractivity contribution is 0.102. The molecule has 5 nitrogen and oxygen atoms in total. The molecular formula is C13H13ClN4OS. The molecule has 0 aliphatic carbocycles. The average molecular weight is 309 g/mol. The zero-order valence-corrected chi connectivity index (χ0v) is 12.2. The average Bonchev–Trinajstić information content (AvgIpc) is 3.11. The number of halogens is 1. The highest BCUT2D eigenvalue weighted by molar-refractivity contribution is 7.13. The van der Waals surface area contributed by atoms with Crippen LogP contribution in [-0.4, -0.2) is 22.6 Å². The lowest BCUT2D eigenvalue weighted by atomic mass is 10.2. The predicted molar refractivity (Wildman–Crippen MR) is 79.3 cm³/mol. The Kier molecular flexibility index (Phi) is 3.95. The second kappa shape index (κ2) is 5.87. The minimum atomic E-state index is -0.242. The van der Waals surface area contributed by atoms with Gasteiger partial charge in [0.25, 0.3) is 5.91 Å². The molecule has 0 radical (unpaired) electrons. The maximum absolute atomic E-state index is 12.1. The van der Waals surface area contributed by atoms with E-state index < -0.39 is 0 Å². The van der Waals surface area contributed by atoms with Gasteiger partial charge in [-0.05, 0) is 43.7 Å². The van der Waals surface area contributed by atoms with Gasteiger partial charge in [-0.3, -0.25) is 4.79 Å². The van der Waals surface area contributed by atoms with Crippen molar-refractivity contribution in [2.24, 2.45) is 0 Å². The molecule has 2 aromatic rings. The SMILES string of the molecule is O=C(Nc1ccc(Cl)cc1)c1nnc(C2CCCN2)s1. The smallest absolute Gasteiger partial charge is 0.286 e. The summed E-state index contributed by atoms with van der Waals surface area (Å²) in [6.07, 6.45) is 2.18. The van der Waals surface area contributed by atoms with Crippen LogP contribution in [0.2, 0.25) is 5.02 Å². The summed E-state index contributed by atoms with van der Waals surface area (Å²) in [5, 5.41) is 16.1. The fourth-order valence-electron chi connectivity index (χ4n) is 2.08. The maximum Gasteiger partial charge on any atom is 0.286 e. The van der Waals surface area contributed by atoms with Crippen molar-refractivity contribution in [3.8, 4) is 0 Å². The van der Waals surface area contributed by atoms with Gasteiger partial charge >= 0.3 is 0 Å². The van der Waals surface area contributed by atoms with Gasteiger partial charge < -0.3 is 10.6 Å². The molecule has 1 atom stereocenters. The van der Waals surface area contributed by atoms with Gasteiger partial charge in [0.1, 0.15) is 5.01 Å². The van der Waals surface area contributed by atoms with Crippen LogP contribution in [0, 0.1) is 0 Å². The van der Waals surface area contributed by atoms with Crippen molar-refractivity contribution in [1.29, 1.82) is 0 Å². The molecule has 0 spiro atoms. The standard InChI is InChI=1S/C13H13ClN4OS/c14-8-3-5-9(6-4-8)16-11(19)13-18-17-12(20-13)10-2-1-7-15-10/h3-6,10,15H,1-2,7H2,(H,16,19). The molecule has 1 fully saturated rings. The van der Waals surface area contributed by atoms with Gasteiger partial charge in [-0.15, -0.1) is 10.2 Å². The van der Waals surface area contributed by atoms with Gasteiger partial charge in [0.15, 0.2) is 0 Å². The van der Waals surface area contributed by atoms with Crippen LogP contribution in [0.5, 0.6) is 0 Å². The van der Waals surface area contributed by atoms with E-state index in [2.05, 4.69) is 20.8 Å². The third-order valence-corrected chi connectivity index (χ3v) is 4.38. The van der Waals surface area contributed by atoms with E-state index in [-0.39, 0.29) is 11.9 Å². The molecule has 1 aliphatic heterocycles. The van der Waals surface area contributed by atoms with Gasteiger partial charge in [0.2, 0.25) is 5.01 Å². The lowest BCUT2D eigenvalue weighted by Gasteiger charge is -2.03. The summed E-state index contributed by atoms with van der Waals surface area (Å²) < 4.78 is 0. The minimum Gasteiger partial charge on any atom is -0.320 e. The molecule has 1 aromatic heterocycles. The summed E-state index contributed by atoms with van der Waals surface area (Å²) in [5.41, 5.74) is 0.690. The van der Waals surface area contributed by atoms with Crippen LogP contribution in [0.3, 0.4) is 0 Å². The van der Waals surface area contributed by atoms with E-state index in [0.717, 1.165) is 24.4 Å². The topological polar surface area (TPSA) is 66.9 Å². The predicted octanol–water partition coefficient (Wildman–Crippen LogP) is 2.87. The Hall–Kier alpha value is -1.50. The number of carbonyl (C=O) groups is 1. The van der Waals surface area contributed by atoms with Crippen LogP contribution in [0.4, 0.5) is 5.69 Å². The Morgan fingerprint density at radius 1 is 1.35 bits per heavy atom. The van der Waals surface area contributed by atoms with Gasteiger partial charge in [0.05, 0.1) is 6.04 Å². The molecule has 0 bridgehead atoms.